The first-order chi connectivity index (χ1) is 15.9. The van der Waals surface area contributed by atoms with E-state index < -0.39 is 29.1 Å². The minimum absolute atomic E-state index is 0.0201. The van der Waals surface area contributed by atoms with Crippen molar-refractivity contribution in [2.24, 2.45) is 0 Å². The van der Waals surface area contributed by atoms with Gasteiger partial charge in [-0.2, -0.15) is 0 Å². The summed E-state index contributed by atoms with van der Waals surface area (Å²) in [5.74, 6) is -4.85. The first kappa shape index (κ1) is 25.6. The molecule has 2 aromatic carbocycles. The summed E-state index contributed by atoms with van der Waals surface area (Å²) in [4.78, 5) is 0. The summed E-state index contributed by atoms with van der Waals surface area (Å²) in [5.41, 5.74) is 0.474. The SMILES string of the molecule is Fc1ccc(COC2CCNCC2)c(F)c1.Fc1ccc(COC2CCNCC2)c(F)c1F. The van der Waals surface area contributed by atoms with Crippen molar-refractivity contribution in [1.82, 2.24) is 10.6 Å². The van der Waals surface area contributed by atoms with Crippen LogP contribution in [0.2, 0.25) is 0 Å². The molecule has 0 amide bonds. The van der Waals surface area contributed by atoms with Crippen LogP contribution in [-0.4, -0.2) is 38.4 Å². The van der Waals surface area contributed by atoms with Crippen LogP contribution in [-0.2, 0) is 22.7 Å². The van der Waals surface area contributed by atoms with Crippen molar-refractivity contribution in [2.75, 3.05) is 26.2 Å². The number of piperidine rings is 2. The van der Waals surface area contributed by atoms with Crippen molar-refractivity contribution in [3.05, 3.63) is 70.5 Å². The number of ether oxygens (including phenoxy) is 2. The summed E-state index contributed by atoms with van der Waals surface area (Å²) in [5, 5.41) is 6.41. The van der Waals surface area contributed by atoms with Crippen LogP contribution in [0.15, 0.2) is 30.3 Å². The molecule has 2 aromatic rings. The van der Waals surface area contributed by atoms with Gasteiger partial charge in [-0.15, -0.1) is 0 Å². The van der Waals surface area contributed by atoms with Gasteiger partial charge in [-0.1, -0.05) is 12.1 Å². The first-order valence-electron chi connectivity index (χ1n) is 11.1. The topological polar surface area (TPSA) is 42.5 Å². The van der Waals surface area contributed by atoms with Crippen LogP contribution in [0.4, 0.5) is 22.0 Å². The molecule has 33 heavy (non-hydrogen) atoms. The Hall–Kier alpha value is -2.07. The lowest BCUT2D eigenvalue weighted by Gasteiger charge is -2.23. The highest BCUT2D eigenvalue weighted by atomic mass is 19.2. The molecular formula is C24H29F5N2O2. The minimum Gasteiger partial charge on any atom is -0.373 e. The van der Waals surface area contributed by atoms with E-state index in [1.54, 1.807) is 0 Å². The van der Waals surface area contributed by atoms with Gasteiger partial charge in [0, 0.05) is 17.2 Å². The molecule has 0 radical (unpaired) electrons. The molecule has 2 fully saturated rings. The average molecular weight is 472 g/mol. The van der Waals surface area contributed by atoms with Crippen LogP contribution in [0, 0.1) is 29.1 Å². The van der Waals surface area contributed by atoms with Crippen LogP contribution in [0.1, 0.15) is 36.8 Å². The Morgan fingerprint density at radius 1 is 0.636 bits per heavy atom. The number of halogens is 5. The van der Waals surface area contributed by atoms with Crippen molar-refractivity contribution in [3.8, 4) is 0 Å². The maximum atomic E-state index is 13.3. The predicted octanol–water partition coefficient (Wildman–Crippen LogP) is 4.61. The second kappa shape index (κ2) is 13.0. The Labute approximate surface area is 190 Å². The Morgan fingerprint density at radius 2 is 1.15 bits per heavy atom. The van der Waals surface area contributed by atoms with Gasteiger partial charge < -0.3 is 20.1 Å². The molecule has 0 unspecified atom stereocenters. The molecule has 2 N–H and O–H groups in total. The van der Waals surface area contributed by atoms with Crippen molar-refractivity contribution >= 4 is 0 Å². The molecule has 0 saturated carbocycles. The van der Waals surface area contributed by atoms with Crippen molar-refractivity contribution in [1.29, 1.82) is 0 Å². The average Bonchev–Trinajstić information content (AvgIpc) is 2.83. The van der Waals surface area contributed by atoms with Crippen molar-refractivity contribution in [3.63, 3.8) is 0 Å². The summed E-state index contributed by atoms with van der Waals surface area (Å²) in [6, 6.07) is 5.71. The normalized spacial score (nSPS) is 17.5. The molecule has 9 heteroatoms. The van der Waals surface area contributed by atoms with Gasteiger partial charge in [-0.3, -0.25) is 0 Å². The number of benzene rings is 2. The lowest BCUT2D eigenvalue weighted by atomic mass is 10.1. The van der Waals surface area contributed by atoms with Gasteiger partial charge in [-0.05, 0) is 64.0 Å². The van der Waals surface area contributed by atoms with Crippen LogP contribution in [0.25, 0.3) is 0 Å². The Bertz CT molecular complexity index is 887. The molecule has 0 spiro atoms. The van der Waals surface area contributed by atoms with E-state index in [9.17, 15) is 22.0 Å². The number of hydrogen-bond donors (Lipinski definition) is 2. The van der Waals surface area contributed by atoms with Crippen molar-refractivity contribution in [2.45, 2.75) is 51.1 Å². The summed E-state index contributed by atoms with van der Waals surface area (Å²) in [6.45, 7) is 3.81. The number of hydrogen-bond acceptors (Lipinski definition) is 4. The maximum Gasteiger partial charge on any atom is 0.194 e. The van der Waals surface area contributed by atoms with E-state index in [4.69, 9.17) is 9.47 Å². The van der Waals surface area contributed by atoms with Gasteiger partial charge in [0.2, 0.25) is 0 Å². The van der Waals surface area contributed by atoms with Crippen LogP contribution in [0.5, 0.6) is 0 Å². The molecule has 2 aliphatic rings. The molecule has 4 rings (SSSR count). The van der Waals surface area contributed by atoms with E-state index in [0.29, 0.717) is 5.56 Å². The second-order valence-corrected chi connectivity index (χ2v) is 8.09. The Morgan fingerprint density at radius 3 is 1.70 bits per heavy atom. The molecule has 2 saturated heterocycles. The highest BCUT2D eigenvalue weighted by Crippen LogP contribution is 2.18. The van der Waals surface area contributed by atoms with E-state index in [-0.39, 0.29) is 31.0 Å². The summed E-state index contributed by atoms with van der Waals surface area (Å²) in [6.07, 6.45) is 3.84. The molecule has 0 bridgehead atoms. The number of rotatable bonds is 6. The molecular weight excluding hydrogens is 443 g/mol. The summed E-state index contributed by atoms with van der Waals surface area (Å²) < 4.78 is 75.9. The zero-order valence-electron chi connectivity index (χ0n) is 18.3. The van der Waals surface area contributed by atoms with Crippen LogP contribution in [0.3, 0.4) is 0 Å². The number of nitrogens with one attached hydrogen (secondary N) is 2. The monoisotopic (exact) mass is 472 g/mol. The lowest BCUT2D eigenvalue weighted by Crippen LogP contribution is -2.32. The minimum atomic E-state index is -1.43. The third-order valence-electron chi connectivity index (χ3n) is 5.65. The third-order valence-corrected chi connectivity index (χ3v) is 5.65. The molecule has 182 valence electrons. The predicted molar refractivity (Wildman–Crippen MR) is 114 cm³/mol. The van der Waals surface area contributed by atoms with Gasteiger partial charge >= 0.3 is 0 Å². The highest BCUT2D eigenvalue weighted by Gasteiger charge is 2.17. The van der Waals surface area contributed by atoms with E-state index in [1.807, 2.05) is 0 Å². The lowest BCUT2D eigenvalue weighted by molar-refractivity contribution is 0.0195. The fraction of sp³-hybridized carbons (Fsp3) is 0.500. The zero-order valence-corrected chi connectivity index (χ0v) is 18.3. The van der Waals surface area contributed by atoms with Crippen LogP contribution < -0.4 is 10.6 Å². The first-order valence-corrected chi connectivity index (χ1v) is 11.1. The van der Waals surface area contributed by atoms with E-state index >= 15 is 0 Å². The molecule has 2 heterocycles. The van der Waals surface area contributed by atoms with Crippen molar-refractivity contribution < 1.29 is 31.4 Å². The largest absolute Gasteiger partial charge is 0.373 e. The van der Waals surface area contributed by atoms with E-state index in [1.165, 1.54) is 18.2 Å². The molecule has 2 aliphatic heterocycles. The standard InChI is InChI=1S/C12H14F3NO.C12H15F2NO/c13-10-2-1-8(11(14)12(10)15)7-17-9-3-5-16-6-4-9;13-10-2-1-9(12(14)7-10)8-16-11-3-5-15-6-4-11/h1-2,9,16H,3-7H2;1-2,7,11,15H,3-6,8H2. The van der Waals surface area contributed by atoms with Gasteiger partial charge in [-0.25, -0.2) is 22.0 Å². The zero-order chi connectivity index (χ0) is 23.6. The van der Waals surface area contributed by atoms with Gasteiger partial charge in [0.25, 0.3) is 0 Å². The van der Waals surface area contributed by atoms with Crippen LogP contribution >= 0.6 is 0 Å². The smallest absolute Gasteiger partial charge is 0.194 e. The quantitative estimate of drug-likeness (QED) is 0.476. The third kappa shape index (κ3) is 8.03. The van der Waals surface area contributed by atoms with E-state index in [0.717, 1.165) is 64.0 Å². The Kier molecular flexibility index (Phi) is 10.1. The molecule has 0 atom stereocenters. The summed E-state index contributed by atoms with van der Waals surface area (Å²) in [7, 11) is 0. The van der Waals surface area contributed by atoms with Gasteiger partial charge in [0.1, 0.15) is 11.6 Å². The second-order valence-electron chi connectivity index (χ2n) is 8.09. The van der Waals surface area contributed by atoms with Gasteiger partial charge in [0.05, 0.1) is 25.4 Å². The highest BCUT2D eigenvalue weighted by molar-refractivity contribution is 5.19. The Balaban J connectivity index is 0.000000186. The fourth-order valence-electron chi connectivity index (χ4n) is 3.66. The maximum absolute atomic E-state index is 13.3. The summed E-state index contributed by atoms with van der Waals surface area (Å²) >= 11 is 0. The van der Waals surface area contributed by atoms with E-state index in [2.05, 4.69) is 10.6 Å². The fourth-order valence-corrected chi connectivity index (χ4v) is 3.66. The molecule has 4 nitrogen and oxygen atoms in total. The van der Waals surface area contributed by atoms with Gasteiger partial charge in [0.15, 0.2) is 17.5 Å². The molecule has 0 aliphatic carbocycles. The molecule has 0 aromatic heterocycles.